The second kappa shape index (κ2) is 7.87. The van der Waals surface area contributed by atoms with Crippen LogP contribution in [-0.4, -0.2) is 41.9 Å². The maximum Gasteiger partial charge on any atom is 0.216 e. The van der Waals surface area contributed by atoms with Gasteiger partial charge in [0.05, 0.1) is 0 Å². The summed E-state index contributed by atoms with van der Waals surface area (Å²) in [6.07, 6.45) is -2.02. The van der Waals surface area contributed by atoms with E-state index in [0.717, 1.165) is 18.8 Å². The Labute approximate surface area is 120 Å². The summed E-state index contributed by atoms with van der Waals surface area (Å²) in [5.41, 5.74) is 1.72. The molecule has 20 heavy (non-hydrogen) atoms. The van der Waals surface area contributed by atoms with E-state index in [4.69, 9.17) is 0 Å². The number of aliphatic hydroxyl groups excluding tert-OH is 2. The number of aliphatic hydroxyl groups is 2. The van der Waals surface area contributed by atoms with Gasteiger partial charge in [-0.15, -0.1) is 0 Å². The van der Waals surface area contributed by atoms with E-state index in [1.54, 1.807) is 12.1 Å². The Morgan fingerprint density at radius 2 is 1.75 bits per heavy atom. The minimum Gasteiger partial charge on any atom is -0.388 e. The third-order valence-electron chi connectivity index (χ3n) is 3.29. The molecule has 0 bridgehead atoms. The van der Waals surface area contributed by atoms with Crippen molar-refractivity contribution >= 4 is 11.6 Å². The first-order valence-electron chi connectivity index (χ1n) is 6.95. The van der Waals surface area contributed by atoms with Crippen LogP contribution in [-0.2, 0) is 4.79 Å². The standard InChI is InChI=1S/C15H24N2O3/c1-4-17(5-2)13-8-6-12(7-9-13)15(20)14(19)10-16-11(3)18/h6-9,14-15,19-20H,4-5,10H2,1-3H3,(H,16,18). The Hall–Kier alpha value is -1.59. The molecule has 1 rings (SSSR count). The predicted octanol–water partition coefficient (Wildman–Crippen LogP) is 1.06. The lowest BCUT2D eigenvalue weighted by Crippen LogP contribution is -2.34. The Kier molecular flexibility index (Phi) is 6.48. The maximum atomic E-state index is 10.8. The van der Waals surface area contributed by atoms with Crippen LogP contribution in [0.3, 0.4) is 0 Å². The quantitative estimate of drug-likeness (QED) is 0.698. The molecule has 0 saturated heterocycles. The van der Waals surface area contributed by atoms with Gasteiger partial charge in [0.25, 0.3) is 0 Å². The summed E-state index contributed by atoms with van der Waals surface area (Å²) in [5, 5.41) is 22.3. The average Bonchev–Trinajstić information content (AvgIpc) is 2.46. The molecule has 0 radical (unpaired) electrons. The first kappa shape index (κ1) is 16.5. The molecule has 1 aromatic carbocycles. The van der Waals surface area contributed by atoms with Gasteiger partial charge in [-0.25, -0.2) is 0 Å². The molecule has 0 aliphatic carbocycles. The van der Waals surface area contributed by atoms with Gasteiger partial charge in [0, 0.05) is 32.2 Å². The minimum absolute atomic E-state index is 0.0360. The number of rotatable bonds is 7. The molecule has 3 N–H and O–H groups in total. The lowest BCUT2D eigenvalue weighted by Gasteiger charge is -2.23. The number of nitrogens with one attached hydrogen (secondary N) is 1. The molecule has 0 aromatic heterocycles. The number of hydrogen-bond acceptors (Lipinski definition) is 4. The third-order valence-corrected chi connectivity index (χ3v) is 3.29. The topological polar surface area (TPSA) is 72.8 Å². The van der Waals surface area contributed by atoms with Crippen molar-refractivity contribution in [2.75, 3.05) is 24.5 Å². The molecule has 0 spiro atoms. The van der Waals surface area contributed by atoms with Crippen LogP contribution in [0.1, 0.15) is 32.4 Å². The lowest BCUT2D eigenvalue weighted by molar-refractivity contribution is -0.119. The molecule has 2 atom stereocenters. The van der Waals surface area contributed by atoms with Crippen LogP contribution >= 0.6 is 0 Å². The van der Waals surface area contributed by atoms with E-state index in [1.807, 2.05) is 12.1 Å². The summed E-state index contributed by atoms with van der Waals surface area (Å²) in [7, 11) is 0. The molecule has 5 nitrogen and oxygen atoms in total. The number of carbonyl (C=O) groups excluding carboxylic acids is 1. The molecular weight excluding hydrogens is 256 g/mol. The van der Waals surface area contributed by atoms with Crippen LogP contribution in [0.5, 0.6) is 0 Å². The molecule has 0 aliphatic rings. The fourth-order valence-electron chi connectivity index (χ4n) is 2.05. The van der Waals surface area contributed by atoms with Gasteiger partial charge in [0.1, 0.15) is 12.2 Å². The fourth-order valence-corrected chi connectivity index (χ4v) is 2.05. The van der Waals surface area contributed by atoms with Gasteiger partial charge in [-0.1, -0.05) is 12.1 Å². The molecule has 1 aromatic rings. The highest BCUT2D eigenvalue weighted by molar-refractivity contribution is 5.72. The molecule has 0 fully saturated rings. The second-order valence-corrected chi connectivity index (χ2v) is 4.71. The molecular formula is C15H24N2O3. The molecule has 112 valence electrons. The SMILES string of the molecule is CCN(CC)c1ccc(C(O)C(O)CNC(C)=O)cc1. The van der Waals surface area contributed by atoms with Crippen molar-refractivity contribution in [2.45, 2.75) is 33.0 Å². The Balaban J connectivity index is 2.69. The van der Waals surface area contributed by atoms with E-state index in [-0.39, 0.29) is 12.5 Å². The zero-order chi connectivity index (χ0) is 15.1. The summed E-state index contributed by atoms with van der Waals surface area (Å²) in [5.74, 6) is -0.229. The van der Waals surface area contributed by atoms with E-state index in [0.29, 0.717) is 5.56 Å². The largest absolute Gasteiger partial charge is 0.388 e. The van der Waals surface area contributed by atoms with Crippen molar-refractivity contribution in [3.8, 4) is 0 Å². The highest BCUT2D eigenvalue weighted by Gasteiger charge is 2.18. The molecule has 1 amide bonds. The molecule has 5 heteroatoms. The van der Waals surface area contributed by atoms with Crippen molar-refractivity contribution in [3.05, 3.63) is 29.8 Å². The smallest absolute Gasteiger partial charge is 0.216 e. The van der Waals surface area contributed by atoms with E-state index < -0.39 is 12.2 Å². The highest BCUT2D eigenvalue weighted by atomic mass is 16.3. The van der Waals surface area contributed by atoms with Gasteiger partial charge < -0.3 is 20.4 Å². The van der Waals surface area contributed by atoms with Gasteiger partial charge in [-0.05, 0) is 31.5 Å². The first-order chi connectivity index (χ1) is 9.49. The van der Waals surface area contributed by atoms with E-state index in [9.17, 15) is 15.0 Å². The summed E-state index contributed by atoms with van der Waals surface area (Å²) in [4.78, 5) is 13.0. The van der Waals surface area contributed by atoms with E-state index >= 15 is 0 Å². The second-order valence-electron chi connectivity index (χ2n) is 4.71. The van der Waals surface area contributed by atoms with Crippen LogP contribution in [0.25, 0.3) is 0 Å². The number of hydrogen-bond donors (Lipinski definition) is 3. The highest BCUT2D eigenvalue weighted by Crippen LogP contribution is 2.21. The minimum atomic E-state index is -1.02. The Morgan fingerprint density at radius 3 is 2.20 bits per heavy atom. The first-order valence-corrected chi connectivity index (χ1v) is 6.95. The lowest BCUT2D eigenvalue weighted by atomic mass is 10.0. The van der Waals surface area contributed by atoms with Crippen molar-refractivity contribution in [2.24, 2.45) is 0 Å². The van der Waals surface area contributed by atoms with Crippen LogP contribution in [0.4, 0.5) is 5.69 Å². The summed E-state index contributed by atoms with van der Waals surface area (Å²) in [6, 6.07) is 7.46. The number of amides is 1. The van der Waals surface area contributed by atoms with E-state index in [2.05, 4.69) is 24.1 Å². The molecule has 2 unspecified atom stereocenters. The number of anilines is 1. The van der Waals surface area contributed by atoms with Crippen molar-refractivity contribution in [3.63, 3.8) is 0 Å². The van der Waals surface area contributed by atoms with Crippen molar-refractivity contribution in [1.82, 2.24) is 5.32 Å². The molecule has 0 heterocycles. The normalized spacial score (nSPS) is 13.7. The van der Waals surface area contributed by atoms with Crippen molar-refractivity contribution in [1.29, 1.82) is 0 Å². The maximum absolute atomic E-state index is 10.8. The molecule has 0 aliphatic heterocycles. The zero-order valence-electron chi connectivity index (χ0n) is 12.3. The number of benzene rings is 1. The van der Waals surface area contributed by atoms with Gasteiger partial charge in [-0.2, -0.15) is 0 Å². The third kappa shape index (κ3) is 4.51. The van der Waals surface area contributed by atoms with Crippen LogP contribution < -0.4 is 10.2 Å². The monoisotopic (exact) mass is 280 g/mol. The zero-order valence-corrected chi connectivity index (χ0v) is 12.3. The predicted molar refractivity (Wildman–Crippen MR) is 79.7 cm³/mol. The van der Waals surface area contributed by atoms with Crippen molar-refractivity contribution < 1.29 is 15.0 Å². The summed E-state index contributed by atoms with van der Waals surface area (Å²) < 4.78 is 0. The van der Waals surface area contributed by atoms with Gasteiger partial charge in [-0.3, -0.25) is 4.79 Å². The average molecular weight is 280 g/mol. The van der Waals surface area contributed by atoms with Gasteiger partial charge >= 0.3 is 0 Å². The van der Waals surface area contributed by atoms with Crippen LogP contribution in [0.15, 0.2) is 24.3 Å². The summed E-state index contributed by atoms with van der Waals surface area (Å²) >= 11 is 0. The number of nitrogens with zero attached hydrogens (tertiary/aromatic N) is 1. The Bertz CT molecular complexity index is 416. The van der Waals surface area contributed by atoms with Crippen LogP contribution in [0, 0.1) is 0 Å². The van der Waals surface area contributed by atoms with Gasteiger partial charge in [0.2, 0.25) is 5.91 Å². The van der Waals surface area contributed by atoms with Crippen LogP contribution in [0.2, 0.25) is 0 Å². The fraction of sp³-hybridized carbons (Fsp3) is 0.533. The Morgan fingerprint density at radius 1 is 1.20 bits per heavy atom. The number of carbonyl (C=O) groups is 1. The van der Waals surface area contributed by atoms with E-state index in [1.165, 1.54) is 6.92 Å². The molecule has 0 saturated carbocycles. The summed E-state index contributed by atoms with van der Waals surface area (Å²) in [6.45, 7) is 7.42. The van der Waals surface area contributed by atoms with Gasteiger partial charge in [0.15, 0.2) is 0 Å².